The van der Waals surface area contributed by atoms with Crippen LogP contribution < -0.4 is 15.4 Å². The van der Waals surface area contributed by atoms with Crippen molar-refractivity contribution in [2.45, 2.75) is 13.8 Å². The second-order valence-electron chi connectivity index (χ2n) is 8.01. The molecule has 0 aliphatic rings. The van der Waals surface area contributed by atoms with Gasteiger partial charge in [-0.05, 0) is 86.2 Å². The number of ether oxygens (including phenoxy) is 1. The van der Waals surface area contributed by atoms with Crippen molar-refractivity contribution in [2.75, 3.05) is 12.4 Å². The molecule has 1 aromatic heterocycles. The lowest BCUT2D eigenvalue weighted by atomic mass is 10.0. The SMILES string of the molecule is COc1cc(-c2cc(C(=O)NC(=S)Nc3cccc(C)c3)c3cc(C(C)=O)ccc3n2)ccc1O. The maximum atomic E-state index is 13.4. The molecule has 4 aromatic rings. The van der Waals surface area contributed by atoms with Gasteiger partial charge in [0.1, 0.15) is 0 Å². The van der Waals surface area contributed by atoms with Gasteiger partial charge in [0.05, 0.1) is 23.9 Å². The molecule has 3 aromatic carbocycles. The molecule has 0 bridgehead atoms. The first-order valence-electron chi connectivity index (χ1n) is 10.8. The van der Waals surface area contributed by atoms with Gasteiger partial charge in [-0.15, -0.1) is 0 Å². The molecule has 0 radical (unpaired) electrons. The second kappa shape index (κ2) is 9.90. The fraction of sp³-hybridized carbons (Fsp3) is 0.111. The van der Waals surface area contributed by atoms with Crippen LogP contribution in [0.5, 0.6) is 11.5 Å². The summed E-state index contributed by atoms with van der Waals surface area (Å²) in [5.74, 6) is -0.294. The number of amides is 1. The average molecular weight is 486 g/mol. The molecule has 1 heterocycles. The number of pyridine rings is 1. The number of aromatic nitrogens is 1. The number of fused-ring (bicyclic) bond motifs is 1. The van der Waals surface area contributed by atoms with Gasteiger partial charge in [-0.3, -0.25) is 14.9 Å². The van der Waals surface area contributed by atoms with Gasteiger partial charge < -0.3 is 15.2 Å². The normalized spacial score (nSPS) is 10.6. The van der Waals surface area contributed by atoms with Crippen LogP contribution in [-0.4, -0.2) is 34.0 Å². The van der Waals surface area contributed by atoms with E-state index in [1.54, 1.807) is 36.4 Å². The van der Waals surface area contributed by atoms with Crippen LogP contribution in [0.2, 0.25) is 0 Å². The molecule has 1 amide bonds. The van der Waals surface area contributed by atoms with E-state index >= 15 is 0 Å². The highest BCUT2D eigenvalue weighted by Gasteiger charge is 2.17. The Hall–Kier alpha value is -4.30. The summed E-state index contributed by atoms with van der Waals surface area (Å²) in [6, 6.07) is 19.1. The van der Waals surface area contributed by atoms with Crippen LogP contribution in [0.3, 0.4) is 0 Å². The zero-order valence-corrected chi connectivity index (χ0v) is 20.2. The molecule has 0 saturated heterocycles. The molecule has 7 nitrogen and oxygen atoms in total. The van der Waals surface area contributed by atoms with Crippen LogP contribution in [0.15, 0.2) is 66.7 Å². The smallest absolute Gasteiger partial charge is 0.258 e. The summed E-state index contributed by atoms with van der Waals surface area (Å²) in [7, 11) is 1.46. The molecule has 4 rings (SSSR count). The first kappa shape index (κ1) is 23.8. The fourth-order valence-electron chi connectivity index (χ4n) is 3.67. The molecule has 0 aliphatic carbocycles. The topological polar surface area (TPSA) is 101 Å². The van der Waals surface area contributed by atoms with Crippen molar-refractivity contribution in [1.82, 2.24) is 10.3 Å². The molecule has 176 valence electrons. The molecule has 0 unspecified atom stereocenters. The van der Waals surface area contributed by atoms with E-state index in [1.807, 2.05) is 31.2 Å². The Morgan fingerprint density at radius 1 is 1.03 bits per heavy atom. The number of phenols is 1. The number of aryl methyl sites for hydroxylation is 1. The Kier molecular flexibility index (Phi) is 6.75. The quantitative estimate of drug-likeness (QED) is 0.262. The average Bonchev–Trinajstić information content (AvgIpc) is 2.83. The Balaban J connectivity index is 1.76. The number of nitrogens with one attached hydrogen (secondary N) is 2. The predicted octanol–water partition coefficient (Wildman–Crippen LogP) is 5.25. The number of methoxy groups -OCH3 is 1. The lowest BCUT2D eigenvalue weighted by Gasteiger charge is -2.14. The van der Waals surface area contributed by atoms with Crippen molar-refractivity contribution in [3.8, 4) is 22.8 Å². The monoisotopic (exact) mass is 485 g/mol. The van der Waals surface area contributed by atoms with Crippen molar-refractivity contribution in [3.05, 3.63) is 83.4 Å². The molecule has 8 heteroatoms. The number of aromatic hydroxyl groups is 1. The van der Waals surface area contributed by atoms with E-state index in [0.717, 1.165) is 11.3 Å². The third-order valence-corrected chi connectivity index (χ3v) is 5.64. The van der Waals surface area contributed by atoms with Gasteiger partial charge in [-0.1, -0.05) is 12.1 Å². The van der Waals surface area contributed by atoms with E-state index < -0.39 is 5.91 Å². The van der Waals surface area contributed by atoms with Crippen molar-refractivity contribution < 1.29 is 19.4 Å². The van der Waals surface area contributed by atoms with Crippen LogP contribution in [0, 0.1) is 6.92 Å². The van der Waals surface area contributed by atoms with Crippen molar-refractivity contribution in [2.24, 2.45) is 0 Å². The van der Waals surface area contributed by atoms with Crippen LogP contribution >= 0.6 is 12.2 Å². The molecular weight excluding hydrogens is 462 g/mol. The van der Waals surface area contributed by atoms with Crippen LogP contribution in [0.4, 0.5) is 5.69 Å². The molecule has 0 atom stereocenters. The molecular formula is C27H23N3O4S. The first-order valence-corrected chi connectivity index (χ1v) is 11.2. The highest BCUT2D eigenvalue weighted by molar-refractivity contribution is 7.80. The summed E-state index contributed by atoms with van der Waals surface area (Å²) in [6.45, 7) is 3.43. The van der Waals surface area contributed by atoms with Crippen LogP contribution in [0.1, 0.15) is 33.2 Å². The Morgan fingerprint density at radius 2 is 1.83 bits per heavy atom. The van der Waals surface area contributed by atoms with E-state index in [4.69, 9.17) is 17.0 Å². The molecule has 0 spiro atoms. The highest BCUT2D eigenvalue weighted by atomic mass is 32.1. The minimum absolute atomic E-state index is 0.00585. The van der Waals surface area contributed by atoms with Crippen LogP contribution in [0.25, 0.3) is 22.2 Å². The Morgan fingerprint density at radius 3 is 2.54 bits per heavy atom. The van der Waals surface area contributed by atoms with Crippen LogP contribution in [-0.2, 0) is 0 Å². The zero-order chi connectivity index (χ0) is 25.1. The second-order valence-corrected chi connectivity index (χ2v) is 8.42. The summed E-state index contributed by atoms with van der Waals surface area (Å²) in [5.41, 5.74) is 4.24. The fourth-order valence-corrected chi connectivity index (χ4v) is 3.88. The number of rotatable bonds is 5. The number of carbonyl (C=O) groups excluding carboxylic acids is 2. The third-order valence-electron chi connectivity index (χ3n) is 5.44. The van der Waals surface area contributed by atoms with Gasteiger partial charge in [-0.25, -0.2) is 4.98 Å². The van der Waals surface area contributed by atoms with Gasteiger partial charge in [0, 0.05) is 22.2 Å². The maximum Gasteiger partial charge on any atom is 0.258 e. The Bertz CT molecular complexity index is 1480. The van der Waals surface area contributed by atoms with Gasteiger partial charge in [0.25, 0.3) is 5.91 Å². The zero-order valence-electron chi connectivity index (χ0n) is 19.4. The summed E-state index contributed by atoms with van der Waals surface area (Å²) in [5, 5.41) is 16.3. The molecule has 0 aliphatic heterocycles. The number of hydrogen-bond acceptors (Lipinski definition) is 6. The van der Waals surface area contributed by atoms with Gasteiger partial charge in [-0.2, -0.15) is 0 Å². The highest BCUT2D eigenvalue weighted by Crippen LogP contribution is 2.32. The maximum absolute atomic E-state index is 13.4. The van der Waals surface area contributed by atoms with E-state index in [0.29, 0.717) is 33.3 Å². The number of benzene rings is 3. The molecule has 3 N–H and O–H groups in total. The number of hydrogen-bond donors (Lipinski definition) is 3. The lowest BCUT2D eigenvalue weighted by molar-refractivity contribution is 0.0976. The number of Topliss-reactive ketones (excluding diaryl/α,β-unsaturated/α-hetero) is 1. The number of nitrogens with zero attached hydrogens (tertiary/aromatic N) is 1. The minimum atomic E-state index is -0.449. The number of carbonyl (C=O) groups is 2. The van der Waals surface area contributed by atoms with Crippen molar-refractivity contribution >= 4 is 45.6 Å². The first-order chi connectivity index (χ1) is 16.7. The summed E-state index contributed by atoms with van der Waals surface area (Å²) >= 11 is 5.36. The predicted molar refractivity (Wildman–Crippen MR) is 140 cm³/mol. The minimum Gasteiger partial charge on any atom is -0.504 e. The molecule has 0 fully saturated rings. The van der Waals surface area contributed by atoms with Gasteiger partial charge in [0.2, 0.25) is 0 Å². The number of ketones is 1. The van der Waals surface area contributed by atoms with Gasteiger partial charge >= 0.3 is 0 Å². The van der Waals surface area contributed by atoms with Gasteiger partial charge in [0.15, 0.2) is 22.4 Å². The molecule has 35 heavy (non-hydrogen) atoms. The Labute approximate surface area is 207 Å². The van der Waals surface area contributed by atoms with E-state index in [2.05, 4.69) is 15.6 Å². The van der Waals surface area contributed by atoms with Crippen molar-refractivity contribution in [1.29, 1.82) is 0 Å². The van der Waals surface area contributed by atoms with Crippen molar-refractivity contribution in [3.63, 3.8) is 0 Å². The summed E-state index contributed by atoms with van der Waals surface area (Å²) in [6.07, 6.45) is 0. The van der Waals surface area contributed by atoms with E-state index in [-0.39, 0.29) is 22.4 Å². The van der Waals surface area contributed by atoms with E-state index in [9.17, 15) is 14.7 Å². The summed E-state index contributed by atoms with van der Waals surface area (Å²) in [4.78, 5) is 30.0. The lowest BCUT2D eigenvalue weighted by Crippen LogP contribution is -2.34. The summed E-state index contributed by atoms with van der Waals surface area (Å²) < 4.78 is 5.21. The number of thiocarbonyl (C=S) groups is 1. The molecule has 0 saturated carbocycles. The van der Waals surface area contributed by atoms with E-state index in [1.165, 1.54) is 20.1 Å². The third kappa shape index (κ3) is 5.28. The number of phenolic OH excluding ortho intramolecular Hbond substituents is 1. The largest absolute Gasteiger partial charge is 0.504 e. The number of anilines is 1. The standard InChI is InChI=1S/C27H23N3O4S/c1-15-5-4-6-19(11-15)28-27(35)30-26(33)21-14-23(18-8-10-24(32)25(13-18)34-3)29-22-9-7-17(16(2)31)12-20(21)22/h4-14,32H,1-3H3,(H2,28,30,33,35).